The van der Waals surface area contributed by atoms with Crippen molar-refractivity contribution in [3.05, 3.63) is 11.9 Å². The van der Waals surface area contributed by atoms with Crippen molar-refractivity contribution in [3.8, 4) is 0 Å². The van der Waals surface area contributed by atoms with Crippen molar-refractivity contribution in [2.24, 2.45) is 5.84 Å². The summed E-state index contributed by atoms with van der Waals surface area (Å²) in [5.74, 6) is 7.88. The Bertz CT molecular complexity index is 411. The SMILES string of the molecule is CCCC(C)N(C)c1cc(NN)nc(C(C)(C)C)n1. The summed E-state index contributed by atoms with van der Waals surface area (Å²) >= 11 is 0. The largest absolute Gasteiger partial charge is 0.357 e. The van der Waals surface area contributed by atoms with Gasteiger partial charge in [0.15, 0.2) is 0 Å². The van der Waals surface area contributed by atoms with E-state index in [1.165, 1.54) is 0 Å². The molecule has 1 heterocycles. The predicted octanol–water partition coefficient (Wildman–Crippen LogP) is 2.68. The molecule has 0 saturated carbocycles. The lowest BCUT2D eigenvalue weighted by molar-refractivity contribution is 0.541. The highest BCUT2D eigenvalue weighted by molar-refractivity contribution is 5.49. The molecule has 0 spiro atoms. The number of hydrazine groups is 1. The Morgan fingerprint density at radius 3 is 2.47 bits per heavy atom. The minimum Gasteiger partial charge on any atom is -0.357 e. The van der Waals surface area contributed by atoms with Crippen molar-refractivity contribution in [1.82, 2.24) is 9.97 Å². The molecule has 3 N–H and O–H groups in total. The molecule has 0 saturated heterocycles. The second kappa shape index (κ2) is 6.19. The van der Waals surface area contributed by atoms with Crippen molar-refractivity contribution in [1.29, 1.82) is 0 Å². The Morgan fingerprint density at radius 2 is 2.00 bits per heavy atom. The maximum atomic E-state index is 5.51. The number of hydrogen-bond acceptors (Lipinski definition) is 5. The molecule has 19 heavy (non-hydrogen) atoms. The monoisotopic (exact) mass is 265 g/mol. The maximum Gasteiger partial charge on any atom is 0.145 e. The van der Waals surface area contributed by atoms with Gasteiger partial charge in [0.1, 0.15) is 17.5 Å². The number of anilines is 2. The average Bonchev–Trinajstić information content (AvgIpc) is 2.36. The molecule has 0 amide bonds. The van der Waals surface area contributed by atoms with Gasteiger partial charge in [0.2, 0.25) is 0 Å². The molecule has 0 bridgehead atoms. The van der Waals surface area contributed by atoms with E-state index in [0.717, 1.165) is 24.5 Å². The average molecular weight is 265 g/mol. The van der Waals surface area contributed by atoms with Crippen LogP contribution in [0.5, 0.6) is 0 Å². The first-order chi connectivity index (χ1) is 8.79. The topological polar surface area (TPSA) is 67.1 Å². The van der Waals surface area contributed by atoms with E-state index in [0.29, 0.717) is 11.9 Å². The fourth-order valence-electron chi connectivity index (χ4n) is 1.86. The molecule has 0 aliphatic rings. The summed E-state index contributed by atoms with van der Waals surface area (Å²) in [5.41, 5.74) is 2.53. The Kier molecular flexibility index (Phi) is 5.11. The Hall–Kier alpha value is -1.36. The van der Waals surface area contributed by atoms with Crippen molar-refractivity contribution in [3.63, 3.8) is 0 Å². The van der Waals surface area contributed by atoms with E-state index in [1.54, 1.807) is 0 Å². The molecule has 5 heteroatoms. The third-order valence-electron chi connectivity index (χ3n) is 3.26. The number of nitrogen functional groups attached to an aromatic ring is 1. The van der Waals surface area contributed by atoms with Gasteiger partial charge in [-0.15, -0.1) is 0 Å². The molecular weight excluding hydrogens is 238 g/mol. The molecule has 1 aromatic heterocycles. The van der Waals surface area contributed by atoms with Crippen LogP contribution in [0.3, 0.4) is 0 Å². The lowest BCUT2D eigenvalue weighted by Crippen LogP contribution is -2.31. The van der Waals surface area contributed by atoms with Crippen molar-refractivity contribution < 1.29 is 0 Å². The van der Waals surface area contributed by atoms with E-state index in [9.17, 15) is 0 Å². The fraction of sp³-hybridized carbons (Fsp3) is 0.714. The molecule has 0 aliphatic carbocycles. The Balaban J connectivity index is 3.13. The zero-order valence-electron chi connectivity index (χ0n) is 13.0. The van der Waals surface area contributed by atoms with Gasteiger partial charge in [-0.2, -0.15) is 0 Å². The first-order valence-electron chi connectivity index (χ1n) is 6.88. The lowest BCUT2D eigenvalue weighted by Gasteiger charge is -2.27. The van der Waals surface area contributed by atoms with Gasteiger partial charge in [-0.1, -0.05) is 34.1 Å². The van der Waals surface area contributed by atoms with Gasteiger partial charge in [-0.3, -0.25) is 0 Å². The molecular formula is C14H27N5. The third-order valence-corrected chi connectivity index (χ3v) is 3.26. The summed E-state index contributed by atoms with van der Waals surface area (Å²) in [6.07, 6.45) is 2.29. The van der Waals surface area contributed by atoms with Gasteiger partial charge in [0, 0.05) is 24.6 Å². The van der Waals surface area contributed by atoms with E-state index >= 15 is 0 Å². The highest BCUT2D eigenvalue weighted by atomic mass is 15.3. The molecule has 5 nitrogen and oxygen atoms in total. The number of nitrogens with zero attached hydrogens (tertiary/aromatic N) is 3. The van der Waals surface area contributed by atoms with Crippen molar-refractivity contribution in [2.45, 2.75) is 58.9 Å². The third kappa shape index (κ3) is 4.06. The van der Waals surface area contributed by atoms with E-state index in [-0.39, 0.29) is 5.41 Å². The summed E-state index contributed by atoms with van der Waals surface area (Å²) in [5, 5.41) is 0. The highest BCUT2D eigenvalue weighted by Gasteiger charge is 2.21. The molecule has 1 rings (SSSR count). The van der Waals surface area contributed by atoms with Crippen molar-refractivity contribution >= 4 is 11.6 Å². The molecule has 0 fully saturated rings. The minimum absolute atomic E-state index is 0.101. The van der Waals surface area contributed by atoms with Gasteiger partial charge in [-0.25, -0.2) is 15.8 Å². The number of nitrogens with one attached hydrogen (secondary N) is 1. The zero-order valence-corrected chi connectivity index (χ0v) is 13.0. The Labute approximate surface area is 116 Å². The first-order valence-corrected chi connectivity index (χ1v) is 6.88. The normalized spacial score (nSPS) is 13.2. The quantitative estimate of drug-likeness (QED) is 0.633. The van der Waals surface area contributed by atoms with Crippen LogP contribution in [0.4, 0.5) is 11.6 Å². The van der Waals surface area contributed by atoms with E-state index in [4.69, 9.17) is 5.84 Å². The van der Waals surface area contributed by atoms with Crippen LogP contribution in [0.15, 0.2) is 6.07 Å². The summed E-state index contributed by atoms with van der Waals surface area (Å²) in [7, 11) is 2.06. The van der Waals surface area contributed by atoms with Crippen LogP contribution < -0.4 is 16.2 Å². The number of rotatable bonds is 5. The van der Waals surface area contributed by atoms with Gasteiger partial charge in [0.05, 0.1) is 0 Å². The highest BCUT2D eigenvalue weighted by Crippen LogP contribution is 2.24. The summed E-state index contributed by atoms with van der Waals surface area (Å²) in [6, 6.07) is 2.33. The van der Waals surface area contributed by atoms with Crippen LogP contribution in [-0.2, 0) is 5.41 Å². The molecule has 0 aliphatic heterocycles. The van der Waals surface area contributed by atoms with E-state index < -0.39 is 0 Å². The van der Waals surface area contributed by atoms with Crippen LogP contribution in [0.25, 0.3) is 0 Å². The van der Waals surface area contributed by atoms with E-state index in [1.807, 2.05) is 6.07 Å². The second-order valence-electron chi connectivity index (χ2n) is 6.08. The number of nitrogens with two attached hydrogens (primary N) is 1. The number of aromatic nitrogens is 2. The molecule has 108 valence electrons. The summed E-state index contributed by atoms with van der Waals surface area (Å²) in [6.45, 7) is 10.7. The van der Waals surface area contributed by atoms with Crippen LogP contribution in [0, 0.1) is 0 Å². The minimum atomic E-state index is -0.101. The number of hydrogen-bond donors (Lipinski definition) is 2. The van der Waals surface area contributed by atoms with Gasteiger partial charge in [0.25, 0.3) is 0 Å². The lowest BCUT2D eigenvalue weighted by atomic mass is 9.96. The van der Waals surface area contributed by atoms with Gasteiger partial charge < -0.3 is 10.3 Å². The smallest absolute Gasteiger partial charge is 0.145 e. The van der Waals surface area contributed by atoms with Crippen LogP contribution in [0.2, 0.25) is 0 Å². The first kappa shape index (κ1) is 15.7. The molecule has 1 aromatic rings. The van der Waals surface area contributed by atoms with Crippen molar-refractivity contribution in [2.75, 3.05) is 17.4 Å². The van der Waals surface area contributed by atoms with E-state index in [2.05, 4.69) is 62.0 Å². The standard InChI is InChI=1S/C14H27N5/c1-7-8-10(2)19(6)12-9-11(18-15)16-13(17-12)14(3,4)5/h9-10H,7-8,15H2,1-6H3,(H,16,17,18). The zero-order chi connectivity index (χ0) is 14.6. The molecule has 0 radical (unpaired) electrons. The van der Waals surface area contributed by atoms with Crippen LogP contribution in [-0.4, -0.2) is 23.1 Å². The molecule has 1 unspecified atom stereocenters. The summed E-state index contributed by atoms with van der Waals surface area (Å²) < 4.78 is 0. The van der Waals surface area contributed by atoms with Crippen LogP contribution in [0.1, 0.15) is 53.3 Å². The Morgan fingerprint density at radius 1 is 1.37 bits per heavy atom. The summed E-state index contributed by atoms with van der Waals surface area (Å²) in [4.78, 5) is 11.3. The predicted molar refractivity (Wildman–Crippen MR) is 81.3 cm³/mol. The molecule has 1 atom stereocenters. The molecule has 0 aromatic carbocycles. The fourth-order valence-corrected chi connectivity index (χ4v) is 1.86. The van der Waals surface area contributed by atoms with Gasteiger partial charge >= 0.3 is 0 Å². The van der Waals surface area contributed by atoms with Gasteiger partial charge in [-0.05, 0) is 13.3 Å². The van der Waals surface area contributed by atoms with Crippen LogP contribution >= 0.6 is 0 Å². The second-order valence-corrected chi connectivity index (χ2v) is 6.08. The maximum absolute atomic E-state index is 5.51.